The molecule has 1 aliphatic heterocycles. The highest BCUT2D eigenvalue weighted by atomic mass is 19.3. The quantitative estimate of drug-likeness (QED) is 0.437. The van der Waals surface area contributed by atoms with Crippen molar-refractivity contribution in [1.29, 1.82) is 5.26 Å². The first-order valence-electron chi connectivity index (χ1n) is 12.2. The highest BCUT2D eigenvalue weighted by Gasteiger charge is 2.29. The third-order valence-electron chi connectivity index (χ3n) is 6.57. The van der Waals surface area contributed by atoms with Gasteiger partial charge >= 0.3 is 0 Å². The molecule has 196 valence electrons. The zero-order valence-electron chi connectivity index (χ0n) is 20.9. The van der Waals surface area contributed by atoms with E-state index in [1.54, 1.807) is 28.8 Å². The molecule has 3 aromatic rings. The van der Waals surface area contributed by atoms with Gasteiger partial charge in [-0.25, -0.2) is 13.8 Å². The largest absolute Gasteiger partial charge is 0.497 e. The predicted octanol–water partition coefficient (Wildman–Crippen LogP) is 3.32. The molecule has 0 aliphatic carbocycles. The first-order chi connectivity index (χ1) is 17.6. The summed E-state index contributed by atoms with van der Waals surface area (Å²) in [6.07, 6.45) is 2.59. The molecule has 0 radical (unpaired) electrons. The number of aryl methyl sites for hydroxylation is 1. The van der Waals surface area contributed by atoms with Crippen molar-refractivity contribution in [3.8, 4) is 11.8 Å². The van der Waals surface area contributed by atoms with Gasteiger partial charge in [0.25, 0.3) is 5.56 Å². The fourth-order valence-corrected chi connectivity index (χ4v) is 4.81. The predicted molar refractivity (Wildman–Crippen MR) is 135 cm³/mol. The van der Waals surface area contributed by atoms with E-state index in [1.165, 1.54) is 18.0 Å². The van der Waals surface area contributed by atoms with Crippen molar-refractivity contribution < 1.29 is 18.3 Å². The van der Waals surface area contributed by atoms with Gasteiger partial charge in [0, 0.05) is 37.7 Å². The second kappa shape index (κ2) is 10.7. The number of carbonyl (C=O) groups is 1. The number of methoxy groups -OCH3 is 1. The van der Waals surface area contributed by atoms with Crippen molar-refractivity contribution in [3.63, 3.8) is 0 Å². The molecule has 1 fully saturated rings. The number of nitriles is 1. The highest BCUT2D eigenvalue weighted by Crippen LogP contribution is 2.32. The molecule has 1 aliphatic rings. The van der Waals surface area contributed by atoms with Crippen molar-refractivity contribution in [2.45, 2.75) is 57.7 Å². The monoisotopic (exact) mass is 512 g/mol. The van der Waals surface area contributed by atoms with Crippen molar-refractivity contribution in [1.82, 2.24) is 14.1 Å². The SMILES string of the molecule is COc1cccc(C(=O)Cn2cnc3c(C#N)c(N4CCCC(N)C4)n(CCCC(C)(F)F)c3c2=O)c1. The molecule has 1 saturated heterocycles. The van der Waals surface area contributed by atoms with Gasteiger partial charge in [-0.05, 0) is 38.3 Å². The molecule has 0 bridgehead atoms. The van der Waals surface area contributed by atoms with Gasteiger partial charge < -0.3 is 19.9 Å². The lowest BCUT2D eigenvalue weighted by atomic mass is 10.1. The number of Topliss-reactive ketones (excluding diaryl/α,β-unsaturated/α-hetero) is 1. The minimum Gasteiger partial charge on any atom is -0.497 e. The number of hydrogen-bond donors (Lipinski definition) is 1. The maximum absolute atomic E-state index is 13.7. The lowest BCUT2D eigenvalue weighted by molar-refractivity contribution is 0.0100. The van der Waals surface area contributed by atoms with E-state index < -0.39 is 11.5 Å². The van der Waals surface area contributed by atoms with Crippen LogP contribution in [0.4, 0.5) is 14.6 Å². The summed E-state index contributed by atoms with van der Waals surface area (Å²) in [5, 5.41) is 10.0. The van der Waals surface area contributed by atoms with E-state index in [0.717, 1.165) is 19.8 Å². The van der Waals surface area contributed by atoms with E-state index in [0.29, 0.717) is 30.2 Å². The number of fused-ring (bicyclic) bond motifs is 1. The van der Waals surface area contributed by atoms with E-state index in [2.05, 4.69) is 11.1 Å². The Balaban J connectivity index is 1.80. The molecule has 1 unspecified atom stereocenters. The Hall–Kier alpha value is -3.78. The summed E-state index contributed by atoms with van der Waals surface area (Å²) in [5.74, 6) is -2.21. The van der Waals surface area contributed by atoms with Crippen LogP contribution in [0.3, 0.4) is 0 Å². The first kappa shape index (κ1) is 26.3. The smallest absolute Gasteiger partial charge is 0.278 e. The summed E-state index contributed by atoms with van der Waals surface area (Å²) in [4.78, 5) is 32.9. The van der Waals surface area contributed by atoms with Gasteiger partial charge in [0.05, 0.1) is 20.0 Å². The number of carbonyl (C=O) groups excluding carboxylic acids is 1. The van der Waals surface area contributed by atoms with E-state index in [-0.39, 0.29) is 54.4 Å². The Morgan fingerprint density at radius 3 is 2.84 bits per heavy atom. The Bertz CT molecular complexity index is 1400. The molecule has 0 saturated carbocycles. The number of alkyl halides is 2. The van der Waals surface area contributed by atoms with Crippen LogP contribution in [-0.4, -0.2) is 52.1 Å². The molecule has 0 amide bonds. The molecule has 9 nitrogen and oxygen atoms in total. The average molecular weight is 513 g/mol. The number of benzene rings is 1. The van der Waals surface area contributed by atoms with E-state index in [9.17, 15) is 23.6 Å². The average Bonchev–Trinajstić information content (AvgIpc) is 3.18. The van der Waals surface area contributed by atoms with Gasteiger partial charge in [0.2, 0.25) is 5.92 Å². The van der Waals surface area contributed by atoms with E-state index in [1.807, 2.05) is 4.90 Å². The number of halogens is 2. The summed E-state index contributed by atoms with van der Waals surface area (Å²) >= 11 is 0. The zero-order chi connectivity index (χ0) is 26.7. The molecule has 0 spiro atoms. The number of nitrogens with zero attached hydrogens (tertiary/aromatic N) is 5. The van der Waals surface area contributed by atoms with Crippen LogP contribution in [0.15, 0.2) is 35.4 Å². The first-order valence-corrected chi connectivity index (χ1v) is 12.2. The van der Waals surface area contributed by atoms with Gasteiger partial charge in [-0.2, -0.15) is 5.26 Å². The summed E-state index contributed by atoms with van der Waals surface area (Å²) < 4.78 is 35.2. The lowest BCUT2D eigenvalue weighted by Crippen LogP contribution is -2.44. The van der Waals surface area contributed by atoms with E-state index in [4.69, 9.17) is 10.5 Å². The lowest BCUT2D eigenvalue weighted by Gasteiger charge is -2.33. The van der Waals surface area contributed by atoms with Gasteiger partial charge in [0.15, 0.2) is 5.78 Å². The maximum Gasteiger partial charge on any atom is 0.278 e. The molecular weight excluding hydrogens is 482 g/mol. The second-order valence-electron chi connectivity index (χ2n) is 9.51. The number of hydrogen-bond acceptors (Lipinski definition) is 7. The zero-order valence-corrected chi connectivity index (χ0v) is 20.9. The van der Waals surface area contributed by atoms with Crippen LogP contribution in [0.1, 0.15) is 48.5 Å². The standard InChI is InChI=1S/C26H30F2N6O3/c1-26(27,28)9-5-11-34-23-22(20(13-29)24(34)32-10-4-7-18(30)14-32)31-16-33(25(23)36)15-21(35)17-6-3-8-19(12-17)37-2/h3,6,8,12,16,18H,4-5,7,9-11,14-15,30H2,1-2H3. The van der Waals surface area contributed by atoms with Crippen molar-refractivity contribution >= 4 is 22.6 Å². The Kier molecular flexibility index (Phi) is 7.59. The number of anilines is 1. The van der Waals surface area contributed by atoms with Gasteiger partial charge in [-0.15, -0.1) is 0 Å². The Morgan fingerprint density at radius 1 is 1.38 bits per heavy atom. The number of piperidine rings is 1. The van der Waals surface area contributed by atoms with Crippen LogP contribution in [0.5, 0.6) is 5.75 Å². The van der Waals surface area contributed by atoms with Crippen LogP contribution in [0, 0.1) is 11.3 Å². The van der Waals surface area contributed by atoms with Crippen molar-refractivity contribution in [3.05, 3.63) is 52.1 Å². The van der Waals surface area contributed by atoms with Gasteiger partial charge in [-0.3, -0.25) is 14.2 Å². The number of ketones is 1. The van der Waals surface area contributed by atoms with Crippen molar-refractivity contribution in [2.75, 3.05) is 25.1 Å². The summed E-state index contributed by atoms with van der Waals surface area (Å²) in [6.45, 7) is 1.75. The van der Waals surface area contributed by atoms with Crippen LogP contribution in [0.25, 0.3) is 11.0 Å². The number of ether oxygens (including phenoxy) is 1. The van der Waals surface area contributed by atoms with E-state index >= 15 is 0 Å². The molecule has 11 heteroatoms. The molecule has 37 heavy (non-hydrogen) atoms. The van der Waals surface area contributed by atoms with Crippen LogP contribution < -0.4 is 20.9 Å². The van der Waals surface area contributed by atoms with Crippen molar-refractivity contribution in [2.24, 2.45) is 5.73 Å². The van der Waals surface area contributed by atoms with Gasteiger partial charge in [0.1, 0.15) is 34.2 Å². The molecule has 1 atom stereocenters. The maximum atomic E-state index is 13.7. The molecule has 3 heterocycles. The van der Waals surface area contributed by atoms with Gasteiger partial charge in [-0.1, -0.05) is 12.1 Å². The minimum absolute atomic E-state index is 0.0854. The third kappa shape index (κ3) is 5.64. The number of rotatable bonds is 9. The second-order valence-corrected chi connectivity index (χ2v) is 9.51. The van der Waals surface area contributed by atoms with Crippen LogP contribution >= 0.6 is 0 Å². The molecule has 2 aromatic heterocycles. The number of aromatic nitrogens is 3. The third-order valence-corrected chi connectivity index (χ3v) is 6.57. The highest BCUT2D eigenvalue weighted by molar-refractivity contribution is 5.96. The summed E-state index contributed by atoms with van der Waals surface area (Å²) in [5.41, 5.74) is 6.54. The number of nitrogens with two attached hydrogens (primary N) is 1. The van der Waals surface area contributed by atoms with Crippen LogP contribution in [-0.2, 0) is 13.1 Å². The molecule has 1 aromatic carbocycles. The fraction of sp³-hybridized carbons (Fsp3) is 0.462. The Morgan fingerprint density at radius 2 is 2.16 bits per heavy atom. The van der Waals surface area contributed by atoms with Crippen LogP contribution in [0.2, 0.25) is 0 Å². The minimum atomic E-state index is -2.86. The molecule has 2 N–H and O–H groups in total. The molecular formula is C26H30F2N6O3. The normalized spacial score (nSPS) is 16.1. The Labute approximate surface area is 213 Å². The topological polar surface area (TPSA) is 119 Å². The molecule has 4 rings (SSSR count). The summed E-state index contributed by atoms with van der Waals surface area (Å²) in [7, 11) is 1.49. The summed E-state index contributed by atoms with van der Waals surface area (Å²) in [6, 6.07) is 8.64. The fourth-order valence-electron chi connectivity index (χ4n) is 4.81.